The lowest BCUT2D eigenvalue weighted by Crippen LogP contribution is -2.31. The van der Waals surface area contributed by atoms with Gasteiger partial charge in [0.25, 0.3) is 5.91 Å². The Morgan fingerprint density at radius 1 is 1.09 bits per heavy atom. The number of methoxy groups -OCH3 is 1. The van der Waals surface area contributed by atoms with Crippen LogP contribution in [-0.4, -0.2) is 41.3 Å². The van der Waals surface area contributed by atoms with E-state index in [1.807, 2.05) is 19.9 Å². The monoisotopic (exact) mass is 604 g/mol. The molecule has 0 saturated carbocycles. The number of thiazole rings is 1. The normalized spacial score (nSPS) is 14.6. The smallest absolute Gasteiger partial charge is 0.296 e. The SMILES string of the molecule is CC.CCCCCOc1ccc(C2C(C(=O)c3cc4ccccc4o3)=C(O)C(=O)N2c2nc(C)c(C(C)=O)s2)cc1OC. The van der Waals surface area contributed by atoms with E-state index in [0.29, 0.717) is 45.2 Å². The molecule has 5 rings (SSSR count). The maximum Gasteiger partial charge on any atom is 0.296 e. The van der Waals surface area contributed by atoms with Crippen molar-refractivity contribution in [2.45, 2.75) is 59.9 Å². The predicted molar refractivity (Wildman–Crippen MR) is 167 cm³/mol. The molecule has 43 heavy (non-hydrogen) atoms. The summed E-state index contributed by atoms with van der Waals surface area (Å²) in [7, 11) is 1.51. The molecule has 1 N–H and O–H groups in total. The first kappa shape index (κ1) is 31.5. The summed E-state index contributed by atoms with van der Waals surface area (Å²) in [4.78, 5) is 45.8. The van der Waals surface area contributed by atoms with Crippen molar-refractivity contribution in [3.8, 4) is 11.5 Å². The summed E-state index contributed by atoms with van der Waals surface area (Å²) < 4.78 is 17.3. The number of aryl methyl sites for hydroxylation is 1. The number of carbonyl (C=O) groups excluding carboxylic acids is 3. The lowest BCUT2D eigenvalue weighted by atomic mass is 9.95. The average Bonchev–Trinajstić information content (AvgIpc) is 3.70. The molecule has 0 fully saturated rings. The highest BCUT2D eigenvalue weighted by atomic mass is 32.1. The highest BCUT2D eigenvalue weighted by Crippen LogP contribution is 2.45. The minimum atomic E-state index is -1.07. The second-order valence-corrected chi connectivity index (χ2v) is 10.7. The number of anilines is 1. The molecule has 1 unspecified atom stereocenters. The van der Waals surface area contributed by atoms with E-state index in [1.54, 1.807) is 49.4 Å². The number of hydrogen-bond donors (Lipinski definition) is 1. The van der Waals surface area contributed by atoms with Gasteiger partial charge in [0.1, 0.15) is 5.58 Å². The standard InChI is InChI=1S/C31H30N2O7S.C2H6/c1-5-6-9-14-39-22-13-12-20(16-23(22)38-4)26-25(27(35)24-15-19-10-7-8-11-21(19)40-24)28(36)30(37)33(26)31-32-17(2)29(41-31)18(3)34;1-2/h7-8,10-13,15-16,26,36H,5-6,9,14H2,1-4H3;1-2H3. The minimum absolute atomic E-state index is 0.0185. The number of ether oxygens (including phenoxy) is 2. The van der Waals surface area contributed by atoms with Crippen molar-refractivity contribution in [3.05, 3.63) is 81.8 Å². The average molecular weight is 605 g/mol. The van der Waals surface area contributed by atoms with Crippen LogP contribution in [0.3, 0.4) is 0 Å². The molecule has 0 radical (unpaired) electrons. The number of para-hydroxylation sites is 1. The first-order valence-corrected chi connectivity index (χ1v) is 15.2. The number of hydrogen-bond acceptors (Lipinski definition) is 9. The van der Waals surface area contributed by atoms with Crippen LogP contribution in [0.5, 0.6) is 11.5 Å². The number of fused-ring (bicyclic) bond motifs is 1. The first-order chi connectivity index (χ1) is 20.7. The van der Waals surface area contributed by atoms with E-state index in [4.69, 9.17) is 13.9 Å². The Bertz CT molecular complexity index is 1650. The molecule has 2 aromatic carbocycles. The second kappa shape index (κ2) is 13.7. The highest BCUT2D eigenvalue weighted by Gasteiger charge is 2.47. The molecular weight excluding hydrogens is 568 g/mol. The van der Waals surface area contributed by atoms with Crippen molar-refractivity contribution >= 4 is 44.9 Å². The Hall–Kier alpha value is -4.44. The number of furan rings is 1. The Kier molecular flexibility index (Phi) is 10.0. The van der Waals surface area contributed by atoms with Crippen LogP contribution in [0.1, 0.15) is 84.5 Å². The third-order valence-corrected chi connectivity index (χ3v) is 8.18. The van der Waals surface area contributed by atoms with Crippen molar-refractivity contribution in [2.24, 2.45) is 0 Å². The fraction of sp³-hybridized carbons (Fsp3) is 0.333. The van der Waals surface area contributed by atoms with Gasteiger partial charge in [0, 0.05) is 12.3 Å². The molecule has 0 saturated heterocycles. The summed E-state index contributed by atoms with van der Waals surface area (Å²) in [6.45, 7) is 9.72. The molecule has 10 heteroatoms. The number of unbranched alkanes of at least 4 members (excludes halogenated alkanes) is 2. The first-order valence-electron chi connectivity index (χ1n) is 14.3. The Labute approximate surface area is 254 Å². The summed E-state index contributed by atoms with van der Waals surface area (Å²) in [5.41, 5.74) is 1.28. The summed E-state index contributed by atoms with van der Waals surface area (Å²) in [6, 6.07) is 12.8. The topological polar surface area (TPSA) is 119 Å². The van der Waals surface area contributed by atoms with Crippen molar-refractivity contribution in [3.63, 3.8) is 0 Å². The summed E-state index contributed by atoms with van der Waals surface area (Å²) >= 11 is 1.03. The van der Waals surface area contributed by atoms with Gasteiger partial charge in [-0.05, 0) is 43.2 Å². The largest absolute Gasteiger partial charge is 0.503 e. The van der Waals surface area contributed by atoms with Crippen molar-refractivity contribution in [1.29, 1.82) is 0 Å². The molecule has 0 aliphatic carbocycles. The lowest BCUT2D eigenvalue weighted by Gasteiger charge is -2.25. The van der Waals surface area contributed by atoms with Gasteiger partial charge in [-0.3, -0.25) is 19.3 Å². The second-order valence-electron chi connectivity index (χ2n) is 9.75. The maximum absolute atomic E-state index is 13.9. The Balaban J connectivity index is 0.00000207. The number of rotatable bonds is 11. The zero-order valence-corrected chi connectivity index (χ0v) is 26.0. The van der Waals surface area contributed by atoms with Gasteiger partial charge in [0.05, 0.1) is 35.9 Å². The molecule has 2 aromatic heterocycles. The van der Waals surface area contributed by atoms with Gasteiger partial charge >= 0.3 is 0 Å². The number of carbonyl (C=O) groups is 3. The van der Waals surface area contributed by atoms with Gasteiger partial charge < -0.3 is 19.0 Å². The van der Waals surface area contributed by atoms with Crippen LogP contribution < -0.4 is 14.4 Å². The van der Waals surface area contributed by atoms with Crippen LogP contribution in [0.4, 0.5) is 5.13 Å². The van der Waals surface area contributed by atoms with Crippen LogP contribution in [0.25, 0.3) is 11.0 Å². The summed E-state index contributed by atoms with van der Waals surface area (Å²) in [5.74, 6) is -1.45. The molecule has 226 valence electrons. The number of Topliss-reactive ketones (excluding diaryl/α,β-unsaturated/α-hetero) is 2. The predicted octanol–water partition coefficient (Wildman–Crippen LogP) is 7.79. The number of aliphatic hydroxyl groups excluding tert-OH is 1. The lowest BCUT2D eigenvalue weighted by molar-refractivity contribution is -0.117. The third-order valence-electron chi connectivity index (χ3n) is 6.92. The molecule has 0 spiro atoms. The number of aromatic nitrogens is 1. The van der Waals surface area contributed by atoms with Gasteiger partial charge in [-0.15, -0.1) is 0 Å². The van der Waals surface area contributed by atoms with E-state index in [0.717, 1.165) is 30.6 Å². The minimum Gasteiger partial charge on any atom is -0.503 e. The van der Waals surface area contributed by atoms with Gasteiger partial charge in [0.15, 0.2) is 33.9 Å². The molecule has 3 heterocycles. The molecular formula is C33H36N2O7S. The van der Waals surface area contributed by atoms with E-state index in [-0.39, 0.29) is 22.2 Å². The van der Waals surface area contributed by atoms with E-state index in [9.17, 15) is 19.5 Å². The quantitative estimate of drug-likeness (QED) is 0.136. The molecule has 1 atom stereocenters. The number of benzene rings is 2. The van der Waals surface area contributed by atoms with Crippen LogP contribution in [0.15, 0.2) is 64.3 Å². The Morgan fingerprint density at radius 2 is 1.84 bits per heavy atom. The number of nitrogens with zero attached hydrogens (tertiary/aromatic N) is 2. The van der Waals surface area contributed by atoms with E-state index >= 15 is 0 Å². The highest BCUT2D eigenvalue weighted by molar-refractivity contribution is 7.17. The Morgan fingerprint density at radius 3 is 2.49 bits per heavy atom. The summed E-state index contributed by atoms with van der Waals surface area (Å²) in [6.07, 6.45) is 2.98. The van der Waals surface area contributed by atoms with E-state index in [1.165, 1.54) is 18.9 Å². The van der Waals surface area contributed by atoms with Crippen LogP contribution in [0, 0.1) is 6.92 Å². The zero-order chi connectivity index (χ0) is 31.3. The zero-order valence-electron chi connectivity index (χ0n) is 25.2. The molecule has 1 aliphatic heterocycles. The van der Waals surface area contributed by atoms with E-state index in [2.05, 4.69) is 11.9 Å². The maximum atomic E-state index is 13.9. The van der Waals surface area contributed by atoms with Gasteiger partial charge in [-0.2, -0.15) is 0 Å². The van der Waals surface area contributed by atoms with Crippen LogP contribution >= 0.6 is 11.3 Å². The van der Waals surface area contributed by atoms with Gasteiger partial charge in [0.2, 0.25) is 5.78 Å². The molecule has 9 nitrogen and oxygen atoms in total. The molecule has 1 amide bonds. The molecule has 4 aromatic rings. The number of ketones is 2. The van der Waals surface area contributed by atoms with Crippen LogP contribution in [0.2, 0.25) is 0 Å². The van der Waals surface area contributed by atoms with E-state index < -0.39 is 23.5 Å². The van der Waals surface area contributed by atoms with Gasteiger partial charge in [-0.1, -0.05) is 69.2 Å². The molecule has 1 aliphatic rings. The van der Waals surface area contributed by atoms with Crippen LogP contribution in [-0.2, 0) is 4.79 Å². The number of aliphatic hydroxyl groups is 1. The van der Waals surface area contributed by atoms with Crippen molar-refractivity contribution in [1.82, 2.24) is 4.98 Å². The van der Waals surface area contributed by atoms with Crippen molar-refractivity contribution < 1.29 is 33.4 Å². The van der Waals surface area contributed by atoms with Gasteiger partial charge in [-0.25, -0.2) is 4.98 Å². The third kappa shape index (κ3) is 6.19. The number of amides is 1. The van der Waals surface area contributed by atoms with Crippen molar-refractivity contribution in [2.75, 3.05) is 18.6 Å². The fourth-order valence-corrected chi connectivity index (χ4v) is 5.88. The summed E-state index contributed by atoms with van der Waals surface area (Å²) in [5, 5.41) is 12.0. The molecule has 0 bridgehead atoms. The fourth-order valence-electron chi connectivity index (χ4n) is 4.90.